The maximum absolute atomic E-state index is 12.8. The fourth-order valence-corrected chi connectivity index (χ4v) is 3.07. The number of nitrogens with zero attached hydrogens (tertiary/aromatic N) is 4. The van der Waals surface area contributed by atoms with Gasteiger partial charge in [0.15, 0.2) is 0 Å². The maximum Gasteiger partial charge on any atom is 0.337 e. The Labute approximate surface area is 189 Å². The number of hydrogen-bond donors (Lipinski definition) is 2. The number of nitriles is 2. The minimum Gasteiger partial charge on any atom is -0.497 e. The van der Waals surface area contributed by atoms with Gasteiger partial charge in [-0.05, 0) is 42.5 Å². The van der Waals surface area contributed by atoms with Crippen molar-refractivity contribution < 1.29 is 19.4 Å². The number of aromatic nitrogens is 2. The third-order valence-electron chi connectivity index (χ3n) is 4.68. The highest BCUT2D eigenvalue weighted by Gasteiger charge is 2.17. The van der Waals surface area contributed by atoms with Crippen molar-refractivity contribution in [2.24, 2.45) is 0 Å². The first-order valence-electron chi connectivity index (χ1n) is 9.81. The van der Waals surface area contributed by atoms with Gasteiger partial charge >= 0.3 is 5.97 Å². The zero-order valence-corrected chi connectivity index (χ0v) is 17.6. The lowest BCUT2D eigenvalue weighted by molar-refractivity contribution is -0.112. The van der Waals surface area contributed by atoms with E-state index in [-0.39, 0.29) is 23.2 Å². The van der Waals surface area contributed by atoms with Crippen LogP contribution in [-0.2, 0) is 11.3 Å². The molecule has 0 fully saturated rings. The van der Waals surface area contributed by atoms with Gasteiger partial charge in [-0.25, -0.2) is 4.79 Å². The highest BCUT2D eigenvalue weighted by molar-refractivity contribution is 6.12. The molecular weight excluding hydrogens is 422 g/mol. The van der Waals surface area contributed by atoms with Crippen LogP contribution in [0, 0.1) is 22.7 Å². The number of carboxylic acid groups (broad SMARTS) is 1. The van der Waals surface area contributed by atoms with Crippen molar-refractivity contribution in [1.82, 2.24) is 9.78 Å². The van der Waals surface area contributed by atoms with Crippen molar-refractivity contribution in [2.45, 2.75) is 13.0 Å². The quantitative estimate of drug-likeness (QED) is 0.401. The number of amides is 1. The van der Waals surface area contributed by atoms with E-state index in [0.717, 1.165) is 5.56 Å². The Morgan fingerprint density at radius 3 is 2.55 bits per heavy atom. The average molecular weight is 441 g/mol. The number of aryl methyl sites for hydroxylation is 1. The van der Waals surface area contributed by atoms with Crippen LogP contribution < -0.4 is 10.1 Å². The topological polar surface area (TPSA) is 141 Å². The molecule has 3 aromatic rings. The largest absolute Gasteiger partial charge is 0.497 e. The molecule has 1 aromatic heterocycles. The summed E-state index contributed by atoms with van der Waals surface area (Å²) in [7, 11) is 1.56. The van der Waals surface area contributed by atoms with Gasteiger partial charge in [-0.2, -0.15) is 15.6 Å². The van der Waals surface area contributed by atoms with E-state index in [4.69, 9.17) is 10.00 Å². The normalized spacial score (nSPS) is 10.7. The molecule has 3 rings (SSSR count). The van der Waals surface area contributed by atoms with Gasteiger partial charge in [0.2, 0.25) is 0 Å². The van der Waals surface area contributed by atoms with Gasteiger partial charge in [0.25, 0.3) is 5.91 Å². The van der Waals surface area contributed by atoms with Gasteiger partial charge in [0, 0.05) is 17.3 Å². The Morgan fingerprint density at radius 2 is 1.91 bits per heavy atom. The summed E-state index contributed by atoms with van der Waals surface area (Å²) in [6.45, 7) is 0.341. The molecule has 164 valence electrons. The molecule has 2 N–H and O–H groups in total. The lowest BCUT2D eigenvalue weighted by atomic mass is 10.1. The molecule has 1 amide bonds. The summed E-state index contributed by atoms with van der Waals surface area (Å²) in [5.41, 5.74) is 1.50. The number of carbonyl (C=O) groups is 2. The molecule has 9 nitrogen and oxygen atoms in total. The predicted molar refractivity (Wildman–Crippen MR) is 120 cm³/mol. The average Bonchev–Trinajstić information content (AvgIpc) is 3.23. The first kappa shape index (κ1) is 22.8. The number of carboxylic acids is 1. The summed E-state index contributed by atoms with van der Waals surface area (Å²) in [6, 6.07) is 16.9. The van der Waals surface area contributed by atoms with Gasteiger partial charge in [0.05, 0.1) is 43.1 Å². The minimum atomic E-state index is -1.20. The monoisotopic (exact) mass is 441 g/mol. The molecule has 0 aliphatic heterocycles. The van der Waals surface area contributed by atoms with Crippen LogP contribution in [0.5, 0.6) is 5.75 Å². The Kier molecular flexibility index (Phi) is 7.20. The number of nitrogens with one attached hydrogen (secondary N) is 1. The number of para-hydroxylation sites is 1. The second kappa shape index (κ2) is 10.4. The molecule has 0 radical (unpaired) electrons. The van der Waals surface area contributed by atoms with E-state index in [9.17, 15) is 20.0 Å². The van der Waals surface area contributed by atoms with Crippen molar-refractivity contribution in [3.05, 3.63) is 71.4 Å². The number of rotatable bonds is 8. The Morgan fingerprint density at radius 1 is 1.18 bits per heavy atom. The van der Waals surface area contributed by atoms with Gasteiger partial charge in [-0.1, -0.05) is 12.1 Å². The maximum atomic E-state index is 12.8. The molecule has 0 atom stereocenters. The van der Waals surface area contributed by atoms with Crippen molar-refractivity contribution in [2.75, 3.05) is 12.4 Å². The highest BCUT2D eigenvalue weighted by atomic mass is 16.5. The summed E-state index contributed by atoms with van der Waals surface area (Å²) in [4.78, 5) is 24.1. The van der Waals surface area contributed by atoms with Gasteiger partial charge in [-0.3, -0.25) is 9.48 Å². The molecule has 0 aliphatic carbocycles. The number of methoxy groups -OCH3 is 1. The second-order valence-corrected chi connectivity index (χ2v) is 6.81. The van der Waals surface area contributed by atoms with E-state index in [1.54, 1.807) is 48.3 Å². The van der Waals surface area contributed by atoms with E-state index < -0.39 is 11.9 Å². The predicted octanol–water partition coefficient (Wildman–Crippen LogP) is 3.72. The van der Waals surface area contributed by atoms with Gasteiger partial charge < -0.3 is 15.2 Å². The number of benzene rings is 2. The SMILES string of the molecule is COc1ccc(-c2nn(CCC#N)cc2/C=C(\C#N)C(=O)Nc2ccccc2C(=O)O)cc1. The molecule has 1 heterocycles. The molecule has 0 unspecified atom stereocenters. The van der Waals surface area contributed by atoms with Gasteiger partial charge in [0.1, 0.15) is 17.4 Å². The molecule has 9 heteroatoms. The van der Waals surface area contributed by atoms with Crippen LogP contribution in [-0.4, -0.2) is 33.9 Å². The summed E-state index contributed by atoms with van der Waals surface area (Å²) in [5, 5.41) is 34.8. The van der Waals surface area contributed by atoms with Crippen molar-refractivity contribution >= 4 is 23.6 Å². The van der Waals surface area contributed by atoms with Crippen LogP contribution >= 0.6 is 0 Å². The van der Waals surface area contributed by atoms with Crippen LogP contribution in [0.15, 0.2) is 60.3 Å². The molecule has 0 bridgehead atoms. The first-order valence-corrected chi connectivity index (χ1v) is 9.81. The van der Waals surface area contributed by atoms with E-state index in [1.165, 1.54) is 24.3 Å². The van der Waals surface area contributed by atoms with Crippen LogP contribution in [0.2, 0.25) is 0 Å². The van der Waals surface area contributed by atoms with E-state index >= 15 is 0 Å². The molecular formula is C24H19N5O4. The van der Waals surface area contributed by atoms with Crippen molar-refractivity contribution in [3.8, 4) is 29.1 Å². The summed E-state index contributed by atoms with van der Waals surface area (Å²) in [5.74, 6) is -1.29. The van der Waals surface area contributed by atoms with Crippen molar-refractivity contribution in [1.29, 1.82) is 10.5 Å². The lowest BCUT2D eigenvalue weighted by Crippen LogP contribution is -2.16. The lowest BCUT2D eigenvalue weighted by Gasteiger charge is -2.07. The van der Waals surface area contributed by atoms with Crippen LogP contribution in [0.4, 0.5) is 5.69 Å². The fraction of sp³-hybridized carbons (Fsp3) is 0.125. The zero-order valence-electron chi connectivity index (χ0n) is 17.6. The third kappa shape index (κ3) is 5.43. The van der Waals surface area contributed by atoms with E-state index in [1.807, 2.05) is 6.07 Å². The van der Waals surface area contributed by atoms with Crippen molar-refractivity contribution in [3.63, 3.8) is 0 Å². The minimum absolute atomic E-state index is 0.0799. The Bertz CT molecular complexity index is 1290. The van der Waals surface area contributed by atoms with Gasteiger partial charge in [-0.15, -0.1) is 0 Å². The molecule has 2 aromatic carbocycles. The van der Waals surface area contributed by atoms with E-state index in [0.29, 0.717) is 23.6 Å². The molecule has 33 heavy (non-hydrogen) atoms. The fourth-order valence-electron chi connectivity index (χ4n) is 3.07. The zero-order chi connectivity index (χ0) is 23.8. The number of ether oxygens (including phenoxy) is 1. The Balaban J connectivity index is 1.99. The summed E-state index contributed by atoms with van der Waals surface area (Å²) >= 11 is 0. The first-order chi connectivity index (χ1) is 16.0. The number of hydrogen-bond acceptors (Lipinski definition) is 6. The second-order valence-electron chi connectivity index (χ2n) is 6.81. The van der Waals surface area contributed by atoms with Crippen LogP contribution in [0.1, 0.15) is 22.3 Å². The number of carbonyl (C=O) groups excluding carboxylic acids is 1. The molecule has 0 saturated carbocycles. The molecule has 0 spiro atoms. The molecule has 0 aliphatic rings. The Hall–Kier alpha value is -4.89. The van der Waals surface area contributed by atoms with Crippen LogP contribution in [0.25, 0.3) is 17.3 Å². The third-order valence-corrected chi connectivity index (χ3v) is 4.68. The smallest absolute Gasteiger partial charge is 0.337 e. The summed E-state index contributed by atoms with van der Waals surface area (Å²) in [6.07, 6.45) is 3.27. The molecule has 0 saturated heterocycles. The van der Waals surface area contributed by atoms with E-state index in [2.05, 4.69) is 16.5 Å². The summed E-state index contributed by atoms with van der Waals surface area (Å²) < 4.78 is 6.75. The number of anilines is 1. The van der Waals surface area contributed by atoms with Crippen LogP contribution in [0.3, 0.4) is 0 Å². The standard InChI is InChI=1S/C24H19N5O4/c1-33-19-9-7-16(8-10-19)22-18(15-29(28-22)12-4-11-25)13-17(14-26)23(30)27-21-6-3-2-5-20(21)24(31)32/h2-3,5-10,13,15H,4,12H2,1H3,(H,27,30)(H,31,32)/b17-13+. The highest BCUT2D eigenvalue weighted by Crippen LogP contribution is 2.27. The number of aromatic carboxylic acids is 1.